The first-order valence-corrected chi connectivity index (χ1v) is 43.8. The summed E-state index contributed by atoms with van der Waals surface area (Å²) in [5, 5.41) is 26.0. The van der Waals surface area contributed by atoms with E-state index in [1.165, 1.54) is 264 Å². The minimum Gasteiger partial charge on any atom is -0.0622 e. The molecule has 0 fully saturated rings. The van der Waals surface area contributed by atoms with Gasteiger partial charge < -0.3 is 0 Å². The molecule has 27 rings (SSSR count). The van der Waals surface area contributed by atoms with Gasteiger partial charge in [-0.25, -0.2) is 0 Å². The van der Waals surface area contributed by atoms with E-state index in [2.05, 4.69) is 473 Å². The Morgan fingerprint density at radius 2 is 0.310 bits per heavy atom. The number of rotatable bonds is 10. The summed E-state index contributed by atoms with van der Waals surface area (Å²) in [6, 6.07) is 174. The van der Waals surface area contributed by atoms with Crippen LogP contribution in [0, 0.1) is 0 Å². The molecule has 582 valence electrons. The molecule has 0 unspecified atom stereocenters. The summed E-state index contributed by atoms with van der Waals surface area (Å²) < 4.78 is 0. The maximum absolute atomic E-state index is 2.40. The zero-order valence-corrected chi connectivity index (χ0v) is 69.0. The second-order valence-electron chi connectivity index (χ2n) is 33.9. The first-order chi connectivity index (χ1) is 62.5. The molecule has 25 aromatic carbocycles. The van der Waals surface area contributed by atoms with Crippen molar-refractivity contribution in [3.63, 3.8) is 0 Å². The monoisotopic (exact) mass is 1590 g/mol. The number of benzene rings is 25. The van der Waals surface area contributed by atoms with Gasteiger partial charge in [0.25, 0.3) is 0 Å². The summed E-state index contributed by atoms with van der Waals surface area (Å²) in [4.78, 5) is 0. The normalized spacial score (nSPS) is 11.8. The lowest BCUT2D eigenvalue weighted by Gasteiger charge is -2.26. The van der Waals surface area contributed by atoms with E-state index >= 15 is 0 Å². The summed E-state index contributed by atoms with van der Waals surface area (Å²) in [6.07, 6.45) is 0. The molecule has 0 nitrogen and oxygen atoms in total. The Balaban J connectivity index is 0.000000105. The van der Waals surface area contributed by atoms with Crippen LogP contribution in [0.4, 0.5) is 0 Å². The summed E-state index contributed by atoms with van der Waals surface area (Å²) >= 11 is 0. The molecule has 0 saturated heterocycles. The summed E-state index contributed by atoms with van der Waals surface area (Å²) in [5.41, 5.74) is 36.0. The average Bonchev–Trinajstić information content (AvgIpc) is 0.722. The quantitative estimate of drug-likeness (QED) is 0.0946. The van der Waals surface area contributed by atoms with E-state index in [1.54, 1.807) is 0 Å². The minimum atomic E-state index is 1.22. The van der Waals surface area contributed by atoms with Gasteiger partial charge in [0.15, 0.2) is 0 Å². The van der Waals surface area contributed by atoms with E-state index in [1.807, 2.05) is 0 Å². The number of hydrogen-bond donors (Lipinski definition) is 0. The standard InChI is InChI=1S/C52H34.C38H22.C36H22/c1-5-13-35(14-6-1)41-29-42(36-15-7-2-8-16-36)32-45(31-41)47-25-21-39-24-28-50-48(26-22-40-23-27-49(47)51(39)52(40)50)46-33-43(37-17-9-3-10-18-37)30-44(34-46)38-19-11-4-12-20-38;1-3-11-27-25(9-1)29-19-17-23(21-35(27)29)37-31-13-5-7-15-33(31)38(34-16-8-6-14-32(34)37)24-18-20-30-26-10-2-4-12-28(26)36(30)22-24;1-3-11-27-23(7-1)9-5-13-29(27)31-19-15-25-18-22-34-32(20-16-26-17-21-33(31)35(25)36(26)34)30-14-6-10-24-8-2-4-12-28(24)30/h1-34H;1-22H;1-22H. The van der Waals surface area contributed by atoms with Crippen LogP contribution in [0.3, 0.4) is 0 Å². The van der Waals surface area contributed by atoms with Crippen LogP contribution in [0.15, 0.2) is 473 Å². The highest BCUT2D eigenvalue weighted by Crippen LogP contribution is 2.55. The molecule has 2 aliphatic rings. The lowest BCUT2D eigenvalue weighted by Crippen LogP contribution is -1.99. The third-order valence-corrected chi connectivity index (χ3v) is 27.0. The largest absolute Gasteiger partial charge is 0.0622 e. The van der Waals surface area contributed by atoms with Gasteiger partial charge in [0.2, 0.25) is 0 Å². The molecule has 0 N–H and O–H groups in total. The van der Waals surface area contributed by atoms with E-state index < -0.39 is 0 Å². The third-order valence-electron chi connectivity index (χ3n) is 27.0. The highest BCUT2D eigenvalue weighted by Gasteiger charge is 2.28. The minimum absolute atomic E-state index is 1.22. The molecule has 0 bridgehead atoms. The molecule has 0 atom stereocenters. The molecule has 0 heterocycles. The van der Waals surface area contributed by atoms with Crippen molar-refractivity contribution in [3.8, 4) is 156 Å². The lowest BCUT2D eigenvalue weighted by atomic mass is 9.77. The fourth-order valence-corrected chi connectivity index (χ4v) is 21.1. The highest BCUT2D eigenvalue weighted by molar-refractivity contribution is 6.31. The molecule has 0 aromatic heterocycles. The molecule has 0 aliphatic heterocycles. The Labute approximate surface area is 731 Å². The van der Waals surface area contributed by atoms with Crippen LogP contribution < -0.4 is 0 Å². The molecule has 0 saturated carbocycles. The lowest BCUT2D eigenvalue weighted by molar-refractivity contribution is 1.51. The van der Waals surface area contributed by atoms with Crippen LogP contribution in [-0.2, 0) is 0 Å². The second-order valence-corrected chi connectivity index (χ2v) is 33.9. The maximum Gasteiger partial charge on any atom is -0.00203 e. The molecule has 0 heteroatoms. The SMILES string of the molecule is c1ccc(-c2cc(-c3ccccc3)cc(-c3ccc4ccc5c(-c6cc(-c7ccccc7)cc(-c7ccccc7)c6)ccc6ccc3c4c65)c2)cc1.c1ccc2c(-c3ccc4ccc5c(-c6cccc7ccccc67)ccc6ccc3c4c65)cccc2c1.c1ccc2c(c1)-c1ccc(-c3c4ccccc4c(-c4ccc5c(c4)-c4ccccc4-5)c4ccccc34)cc1-2. The molecule has 25 aromatic rings. The van der Waals surface area contributed by atoms with Gasteiger partial charge in [-0.05, 0) is 312 Å². The van der Waals surface area contributed by atoms with Gasteiger partial charge in [-0.15, -0.1) is 0 Å². The van der Waals surface area contributed by atoms with Crippen molar-refractivity contribution in [2.45, 2.75) is 0 Å². The van der Waals surface area contributed by atoms with Crippen molar-refractivity contribution >= 4 is 108 Å². The van der Waals surface area contributed by atoms with Gasteiger partial charge >= 0.3 is 0 Å². The third kappa shape index (κ3) is 12.0. The van der Waals surface area contributed by atoms with E-state index in [0.29, 0.717) is 0 Å². The fourth-order valence-electron chi connectivity index (χ4n) is 21.1. The van der Waals surface area contributed by atoms with Crippen LogP contribution in [0.1, 0.15) is 0 Å². The van der Waals surface area contributed by atoms with Crippen molar-refractivity contribution in [2.75, 3.05) is 0 Å². The zero-order chi connectivity index (χ0) is 82.9. The zero-order valence-electron chi connectivity index (χ0n) is 69.0. The van der Waals surface area contributed by atoms with Gasteiger partial charge in [-0.2, -0.15) is 0 Å². The van der Waals surface area contributed by atoms with Crippen molar-refractivity contribution in [1.82, 2.24) is 0 Å². The average molecular weight is 1590 g/mol. The van der Waals surface area contributed by atoms with Gasteiger partial charge in [-0.3, -0.25) is 0 Å². The van der Waals surface area contributed by atoms with Crippen LogP contribution in [-0.4, -0.2) is 0 Å². The van der Waals surface area contributed by atoms with Gasteiger partial charge in [0.1, 0.15) is 0 Å². The Kier molecular flexibility index (Phi) is 17.1. The second kappa shape index (κ2) is 29.8. The Morgan fingerprint density at radius 1 is 0.0873 bits per heavy atom. The van der Waals surface area contributed by atoms with Gasteiger partial charge in [-0.1, -0.05) is 425 Å². The highest BCUT2D eigenvalue weighted by atomic mass is 14.3. The summed E-state index contributed by atoms with van der Waals surface area (Å²) in [7, 11) is 0. The predicted molar refractivity (Wildman–Crippen MR) is 540 cm³/mol. The van der Waals surface area contributed by atoms with Crippen molar-refractivity contribution in [1.29, 1.82) is 0 Å². The molecule has 0 amide bonds. The van der Waals surface area contributed by atoms with Gasteiger partial charge in [0, 0.05) is 0 Å². The smallest absolute Gasteiger partial charge is 0.00203 e. The van der Waals surface area contributed by atoms with E-state index in [9.17, 15) is 0 Å². The number of hydrogen-bond acceptors (Lipinski definition) is 0. The molecule has 0 radical (unpaired) electrons. The van der Waals surface area contributed by atoms with Crippen LogP contribution in [0.2, 0.25) is 0 Å². The fraction of sp³-hybridized carbons (Fsp3) is 0. The molecular weight excluding hydrogens is 1510 g/mol. The first kappa shape index (κ1) is 72.4. The Morgan fingerprint density at radius 3 is 0.643 bits per heavy atom. The first-order valence-electron chi connectivity index (χ1n) is 43.8. The van der Waals surface area contributed by atoms with E-state index in [4.69, 9.17) is 0 Å². The van der Waals surface area contributed by atoms with Gasteiger partial charge in [0.05, 0.1) is 0 Å². The van der Waals surface area contributed by atoms with Crippen molar-refractivity contribution in [3.05, 3.63) is 473 Å². The number of fused-ring (bicyclic) bond motifs is 12. The van der Waals surface area contributed by atoms with Crippen molar-refractivity contribution < 1.29 is 0 Å². The van der Waals surface area contributed by atoms with Crippen LogP contribution in [0.25, 0.3) is 264 Å². The molecule has 126 heavy (non-hydrogen) atoms. The van der Waals surface area contributed by atoms with Crippen LogP contribution in [0.5, 0.6) is 0 Å². The molecule has 0 spiro atoms. The Hall–Kier alpha value is -16.4. The molecular formula is C126H78. The topological polar surface area (TPSA) is 0 Å². The Bertz CT molecular complexity index is 7980. The van der Waals surface area contributed by atoms with E-state index in [-0.39, 0.29) is 0 Å². The summed E-state index contributed by atoms with van der Waals surface area (Å²) in [6.45, 7) is 0. The summed E-state index contributed by atoms with van der Waals surface area (Å²) in [5.74, 6) is 0. The van der Waals surface area contributed by atoms with E-state index in [0.717, 1.165) is 0 Å². The van der Waals surface area contributed by atoms with Crippen molar-refractivity contribution in [2.24, 2.45) is 0 Å². The predicted octanol–water partition coefficient (Wildman–Crippen LogP) is 35.4. The van der Waals surface area contributed by atoms with Crippen LogP contribution >= 0.6 is 0 Å². The molecule has 2 aliphatic carbocycles. The maximum atomic E-state index is 2.40.